The molecule has 16 rings (SSSR count). The summed E-state index contributed by atoms with van der Waals surface area (Å²) >= 11 is 0. The van der Waals surface area contributed by atoms with E-state index in [0.717, 1.165) is 143 Å². The summed E-state index contributed by atoms with van der Waals surface area (Å²) in [5.74, 6) is 5.64. The van der Waals surface area contributed by atoms with Crippen molar-refractivity contribution >= 4 is 121 Å². The van der Waals surface area contributed by atoms with Crippen LogP contribution in [-0.4, -0.2) is 235 Å². The molecule has 578 valence electrons. The smallest absolute Gasteiger partial charge is 0.260 e. The summed E-state index contributed by atoms with van der Waals surface area (Å²) in [5, 5.41) is 9.88. The third-order valence-corrected chi connectivity index (χ3v) is 22.1. The number of likely N-dealkylation sites (N-methyl/N-ethyl adjacent to an activating group) is 2. The normalized spacial score (nSPS) is 16.9. The number of methoxy groups -OCH3 is 2. The van der Waals surface area contributed by atoms with Crippen LogP contribution in [0.2, 0.25) is 0 Å². The van der Waals surface area contributed by atoms with Gasteiger partial charge in [0.05, 0.1) is 90.2 Å². The number of piperidine rings is 2. The molecule has 0 spiro atoms. The van der Waals surface area contributed by atoms with E-state index < -0.39 is 0 Å². The van der Waals surface area contributed by atoms with Gasteiger partial charge in [0, 0.05) is 156 Å². The van der Waals surface area contributed by atoms with Crippen LogP contribution in [0, 0.1) is 5.92 Å². The Bertz CT molecular complexity index is 4900. The van der Waals surface area contributed by atoms with E-state index in [1.54, 1.807) is 74.7 Å². The summed E-state index contributed by atoms with van der Waals surface area (Å²) in [5.41, 5.74) is 11.3. The third-order valence-electron chi connectivity index (χ3n) is 22.1. The SMILES string of the molecule is CCOc1cc(N2CCC(C)CC2)ccc1Nc1ncc2c(n1)N(C)c1ccccc1C(=O)N2C.COc1cc(C(=O)N2CCC(N3CCN(C)CC3)CC2)ccc1Nc1ncc2c(n1)N(C)c1ccccc1C(=O)N2C.COc1cc(N2CCN(C)CC2)ccc1Nc1ncc2c(n1)N(C)c1ccccc1C(=O)N2C. The molecule has 3 aromatic heterocycles. The lowest BCUT2D eigenvalue weighted by Crippen LogP contribution is -2.52. The predicted octanol–water partition coefficient (Wildman–Crippen LogP) is 12.0. The van der Waals surface area contributed by atoms with Crippen molar-refractivity contribution in [1.82, 2.24) is 49.5 Å². The Labute approximate surface area is 649 Å². The molecule has 111 heavy (non-hydrogen) atoms. The van der Waals surface area contributed by atoms with Crippen LogP contribution < -0.4 is 69.4 Å². The zero-order valence-corrected chi connectivity index (χ0v) is 65.4. The Morgan fingerprint density at radius 3 is 1.23 bits per heavy atom. The fourth-order valence-corrected chi connectivity index (χ4v) is 15.3. The average molecular weight is 1500 g/mol. The number of aromatic nitrogens is 6. The lowest BCUT2D eigenvalue weighted by atomic mass is 9.99. The topological polar surface area (TPSA) is 248 Å². The molecular formula is C83H99N21O7. The van der Waals surface area contributed by atoms with Crippen LogP contribution in [0.25, 0.3) is 0 Å². The maximum atomic E-state index is 13.4. The Balaban J connectivity index is 0.000000140. The number of carbonyl (C=O) groups excluding carboxylic acids is 4. The van der Waals surface area contributed by atoms with Gasteiger partial charge in [0.1, 0.15) is 34.3 Å². The minimum atomic E-state index is -0.119. The van der Waals surface area contributed by atoms with E-state index in [2.05, 4.69) is 94.6 Å². The number of hydrogen-bond donors (Lipinski definition) is 3. The number of ether oxygens (including phenoxy) is 3. The summed E-state index contributed by atoms with van der Waals surface area (Å²) in [6.07, 6.45) is 9.43. The molecule has 3 N–H and O–H groups in total. The highest BCUT2D eigenvalue weighted by atomic mass is 16.5. The van der Waals surface area contributed by atoms with Crippen molar-refractivity contribution in [2.45, 2.75) is 45.6 Å². The van der Waals surface area contributed by atoms with E-state index in [4.69, 9.17) is 29.2 Å². The number of piperazine rings is 2. The molecule has 0 aliphatic carbocycles. The molecule has 0 unspecified atom stereocenters. The van der Waals surface area contributed by atoms with Crippen LogP contribution >= 0.6 is 0 Å². The highest BCUT2D eigenvalue weighted by Crippen LogP contribution is 2.44. The number of rotatable bonds is 14. The standard InChI is InChI=1S/C31H38N8O3.C27H32N6O2.C25H29N7O2/c1-35-15-17-38(18-16-35)22-11-13-39(14-12-22)29(40)21-9-10-24(27(19-21)42-4)33-31-32-20-26-28(34-31)36(2)25-8-6-5-7-23(25)30(41)37(26)3;1-5-35-24-16-19(33-14-12-18(2)13-15-33)10-11-21(24)29-27-28-17-23-25(30-27)31(3)22-9-7-6-8-20(22)26(34)32(23)4;1-29-11-13-32(14-12-29)17-9-10-19(22(15-17)34-4)27-25-26-16-21-23(28-25)30(2)20-8-6-5-7-18(20)24(33)31(21)3/h5-10,19-20,22H,11-18H2,1-4H3,(H,32,33,34);6-11,16-18H,5,12-15H2,1-4H3,(H,28,29,30);5-10,15-16H,11-14H2,1-4H3,(H,26,27,28). The fraction of sp³-hybridized carbons (Fsp3) is 0.373. The third kappa shape index (κ3) is 16.0. The molecule has 4 fully saturated rings. The number of para-hydroxylation sites is 3. The van der Waals surface area contributed by atoms with Gasteiger partial charge in [-0.1, -0.05) is 43.3 Å². The van der Waals surface area contributed by atoms with E-state index in [0.29, 0.717) is 98.7 Å². The van der Waals surface area contributed by atoms with Crippen LogP contribution in [-0.2, 0) is 0 Å². The highest BCUT2D eigenvalue weighted by molar-refractivity contribution is 6.15. The van der Waals surface area contributed by atoms with Crippen molar-refractivity contribution in [3.8, 4) is 17.2 Å². The van der Waals surface area contributed by atoms with E-state index in [1.165, 1.54) is 18.5 Å². The lowest BCUT2D eigenvalue weighted by molar-refractivity contribution is 0.0518. The fourth-order valence-electron chi connectivity index (χ4n) is 15.3. The lowest BCUT2D eigenvalue weighted by Gasteiger charge is -2.42. The number of benzene rings is 6. The molecule has 0 bridgehead atoms. The van der Waals surface area contributed by atoms with Gasteiger partial charge in [-0.25, -0.2) is 15.0 Å². The monoisotopic (exact) mass is 1500 g/mol. The predicted molar refractivity (Wildman–Crippen MR) is 440 cm³/mol. The molecule has 4 saturated heterocycles. The molecule has 6 aromatic carbocycles. The first-order chi connectivity index (χ1) is 53.7. The van der Waals surface area contributed by atoms with E-state index in [-0.39, 0.29) is 23.6 Å². The number of nitrogens with zero attached hydrogens (tertiary/aromatic N) is 18. The van der Waals surface area contributed by atoms with Gasteiger partial charge >= 0.3 is 0 Å². The number of hydrogen-bond acceptors (Lipinski definition) is 24. The molecule has 9 aromatic rings. The van der Waals surface area contributed by atoms with Gasteiger partial charge in [0.2, 0.25) is 17.8 Å². The van der Waals surface area contributed by atoms with Gasteiger partial charge in [0.25, 0.3) is 23.6 Å². The van der Waals surface area contributed by atoms with Gasteiger partial charge in [-0.2, -0.15) is 15.0 Å². The zero-order chi connectivity index (χ0) is 77.7. The average Bonchev–Trinajstić information content (AvgIpc) is 1.67. The van der Waals surface area contributed by atoms with Crippen molar-refractivity contribution in [3.63, 3.8) is 0 Å². The molecular weight excluding hydrogens is 1400 g/mol. The number of likely N-dealkylation sites (tertiary alicyclic amines) is 1. The van der Waals surface area contributed by atoms with Gasteiger partial charge in [0.15, 0.2) is 17.5 Å². The summed E-state index contributed by atoms with van der Waals surface area (Å²) in [7, 11) is 18.5. The first-order valence-corrected chi connectivity index (χ1v) is 38.0. The highest BCUT2D eigenvalue weighted by Gasteiger charge is 2.35. The van der Waals surface area contributed by atoms with Gasteiger partial charge < -0.3 is 84.1 Å². The van der Waals surface area contributed by atoms with E-state index >= 15 is 0 Å². The molecule has 0 saturated carbocycles. The summed E-state index contributed by atoms with van der Waals surface area (Å²) < 4.78 is 17.3. The van der Waals surface area contributed by atoms with Crippen molar-refractivity contribution in [3.05, 3.63) is 168 Å². The maximum absolute atomic E-state index is 13.4. The second kappa shape index (κ2) is 33.1. The first-order valence-electron chi connectivity index (χ1n) is 38.0. The zero-order valence-electron chi connectivity index (χ0n) is 65.4. The maximum Gasteiger partial charge on any atom is 0.260 e. The molecule has 10 heterocycles. The van der Waals surface area contributed by atoms with Gasteiger partial charge in [-0.15, -0.1) is 0 Å². The molecule has 0 radical (unpaired) electrons. The summed E-state index contributed by atoms with van der Waals surface area (Å²) in [6, 6.07) is 40.9. The number of fused-ring (bicyclic) bond motifs is 6. The number of carbonyl (C=O) groups is 4. The Kier molecular flexibility index (Phi) is 22.7. The molecule has 4 amide bonds. The van der Waals surface area contributed by atoms with Crippen LogP contribution in [0.15, 0.2) is 146 Å². The molecule has 0 atom stereocenters. The van der Waals surface area contributed by atoms with Crippen molar-refractivity contribution in [2.75, 3.05) is 211 Å². The largest absolute Gasteiger partial charge is 0.495 e. The van der Waals surface area contributed by atoms with Crippen LogP contribution in [0.1, 0.15) is 81.0 Å². The second-order valence-corrected chi connectivity index (χ2v) is 29.1. The van der Waals surface area contributed by atoms with Crippen LogP contribution in [0.5, 0.6) is 17.2 Å². The van der Waals surface area contributed by atoms with Crippen molar-refractivity contribution < 1.29 is 33.4 Å². The summed E-state index contributed by atoms with van der Waals surface area (Å²) in [4.78, 5) is 105. The van der Waals surface area contributed by atoms with E-state index in [9.17, 15) is 19.2 Å². The minimum absolute atomic E-state index is 0.0194. The van der Waals surface area contributed by atoms with Crippen molar-refractivity contribution in [2.24, 2.45) is 5.92 Å². The number of nitrogens with one attached hydrogen (secondary N) is 3. The number of anilines is 17. The number of amides is 4. The second-order valence-electron chi connectivity index (χ2n) is 29.1. The van der Waals surface area contributed by atoms with Crippen LogP contribution in [0.3, 0.4) is 0 Å². The van der Waals surface area contributed by atoms with Crippen LogP contribution in [0.4, 0.5) is 97.9 Å². The minimum Gasteiger partial charge on any atom is -0.495 e. The Morgan fingerprint density at radius 2 is 0.802 bits per heavy atom. The van der Waals surface area contributed by atoms with E-state index in [1.807, 2.05) is 151 Å². The van der Waals surface area contributed by atoms with Crippen molar-refractivity contribution in [1.29, 1.82) is 0 Å². The van der Waals surface area contributed by atoms with Gasteiger partial charge in [-0.3, -0.25) is 24.1 Å². The quantitative estimate of drug-likeness (QED) is 0.0915. The summed E-state index contributed by atoms with van der Waals surface area (Å²) in [6.45, 7) is 17.0. The first kappa shape index (κ1) is 75.9. The molecule has 28 heteroatoms. The Morgan fingerprint density at radius 1 is 0.423 bits per heavy atom. The molecule has 7 aliphatic heterocycles. The molecule has 7 aliphatic rings. The Hall–Kier alpha value is -11.9. The molecule has 28 nitrogen and oxygen atoms in total. The van der Waals surface area contributed by atoms with Gasteiger partial charge in [-0.05, 0) is 131 Å².